The van der Waals surface area contributed by atoms with Gasteiger partial charge < -0.3 is 10.4 Å². The van der Waals surface area contributed by atoms with Gasteiger partial charge in [-0.2, -0.15) is 0 Å². The summed E-state index contributed by atoms with van der Waals surface area (Å²) in [6.07, 6.45) is 5.50. The van der Waals surface area contributed by atoms with Crippen molar-refractivity contribution < 1.29 is 19.1 Å². The standard InChI is InChI=1S/C16H16FNO3/c17-11-2-1-3-12(8-11)18-15(19)13-9-4-6-10(7-5-9)14(13)16(20)21/h1-4,6,8-10,13-14H,5,7H2,(H,18,19)(H,20,21)/t9-,10-,13+,14-/m0/s1. The van der Waals surface area contributed by atoms with Gasteiger partial charge in [0, 0.05) is 5.69 Å². The number of fused-ring (bicyclic) bond motifs is 2. The van der Waals surface area contributed by atoms with Crippen molar-refractivity contribution in [1.82, 2.24) is 0 Å². The summed E-state index contributed by atoms with van der Waals surface area (Å²) in [7, 11) is 0. The van der Waals surface area contributed by atoms with Gasteiger partial charge in [0.25, 0.3) is 0 Å². The highest BCUT2D eigenvalue weighted by atomic mass is 19.1. The fourth-order valence-corrected chi connectivity index (χ4v) is 3.48. The van der Waals surface area contributed by atoms with Gasteiger partial charge in [-0.1, -0.05) is 18.2 Å². The molecule has 1 aromatic carbocycles. The number of halogens is 1. The molecule has 0 heterocycles. The third-order valence-corrected chi connectivity index (χ3v) is 4.43. The van der Waals surface area contributed by atoms with E-state index < -0.39 is 23.6 Å². The van der Waals surface area contributed by atoms with Gasteiger partial charge in [0.2, 0.25) is 5.91 Å². The van der Waals surface area contributed by atoms with Crippen molar-refractivity contribution in [3.63, 3.8) is 0 Å². The van der Waals surface area contributed by atoms with Crippen LogP contribution in [0.25, 0.3) is 0 Å². The third kappa shape index (κ3) is 2.55. The number of benzene rings is 1. The Kier molecular flexibility index (Phi) is 3.49. The van der Waals surface area contributed by atoms with Gasteiger partial charge in [0.15, 0.2) is 0 Å². The topological polar surface area (TPSA) is 66.4 Å². The van der Waals surface area contributed by atoms with Crippen LogP contribution in [0.4, 0.5) is 10.1 Å². The molecule has 4 atom stereocenters. The SMILES string of the molecule is O=C(O)[C@@H]1[C@H](C(=O)Nc2cccc(F)c2)[C@H]2C=C[C@H]1CC2. The van der Waals surface area contributed by atoms with Crippen molar-refractivity contribution in [2.75, 3.05) is 5.32 Å². The van der Waals surface area contributed by atoms with Crippen molar-refractivity contribution in [3.8, 4) is 0 Å². The summed E-state index contributed by atoms with van der Waals surface area (Å²) in [6.45, 7) is 0. The molecule has 0 aliphatic heterocycles. The third-order valence-electron chi connectivity index (χ3n) is 4.43. The van der Waals surface area contributed by atoms with Gasteiger partial charge in [-0.05, 0) is 42.9 Å². The Balaban J connectivity index is 1.83. The van der Waals surface area contributed by atoms with E-state index in [1.807, 2.05) is 12.2 Å². The first-order valence-corrected chi connectivity index (χ1v) is 7.04. The minimum atomic E-state index is -0.937. The lowest BCUT2D eigenvalue weighted by Crippen LogP contribution is -2.47. The number of aliphatic carboxylic acids is 1. The van der Waals surface area contributed by atoms with Gasteiger partial charge in [0.1, 0.15) is 5.82 Å². The van der Waals surface area contributed by atoms with Crippen molar-refractivity contribution >= 4 is 17.6 Å². The number of rotatable bonds is 3. The molecule has 1 saturated carbocycles. The summed E-state index contributed by atoms with van der Waals surface area (Å²) >= 11 is 0. The molecule has 0 unspecified atom stereocenters. The van der Waals surface area contributed by atoms with Crippen LogP contribution in [0.1, 0.15) is 12.8 Å². The number of hydrogen-bond acceptors (Lipinski definition) is 2. The minimum absolute atomic E-state index is 0.0512. The monoisotopic (exact) mass is 289 g/mol. The summed E-state index contributed by atoms with van der Waals surface area (Å²) in [5.41, 5.74) is 0.356. The quantitative estimate of drug-likeness (QED) is 0.841. The van der Waals surface area contributed by atoms with Gasteiger partial charge in [0.05, 0.1) is 11.8 Å². The number of nitrogens with one attached hydrogen (secondary N) is 1. The lowest BCUT2D eigenvalue weighted by molar-refractivity contribution is -0.151. The highest BCUT2D eigenvalue weighted by Gasteiger charge is 2.48. The van der Waals surface area contributed by atoms with Crippen molar-refractivity contribution in [1.29, 1.82) is 0 Å². The molecule has 0 spiro atoms. The molecule has 0 saturated heterocycles. The molecule has 1 fully saturated rings. The second kappa shape index (κ2) is 5.31. The molecule has 1 amide bonds. The van der Waals surface area contributed by atoms with Crippen molar-refractivity contribution in [2.45, 2.75) is 12.8 Å². The molecule has 3 aliphatic rings. The molecule has 1 aromatic rings. The lowest BCUT2D eigenvalue weighted by atomic mass is 9.62. The second-order valence-electron chi connectivity index (χ2n) is 5.68. The highest BCUT2D eigenvalue weighted by Crippen LogP contribution is 2.45. The average molecular weight is 289 g/mol. The van der Waals surface area contributed by atoms with E-state index in [1.54, 1.807) is 6.07 Å². The van der Waals surface area contributed by atoms with Gasteiger partial charge in [-0.15, -0.1) is 0 Å². The molecule has 4 nitrogen and oxygen atoms in total. The smallest absolute Gasteiger partial charge is 0.307 e. The van der Waals surface area contributed by atoms with E-state index in [1.165, 1.54) is 18.2 Å². The maximum atomic E-state index is 13.2. The molecule has 110 valence electrons. The van der Waals surface area contributed by atoms with Crippen LogP contribution in [0.2, 0.25) is 0 Å². The molecule has 0 aromatic heterocycles. The van der Waals surface area contributed by atoms with E-state index in [2.05, 4.69) is 5.32 Å². The van der Waals surface area contributed by atoms with Gasteiger partial charge in [-0.3, -0.25) is 9.59 Å². The van der Waals surface area contributed by atoms with Crippen LogP contribution in [0.15, 0.2) is 36.4 Å². The van der Waals surface area contributed by atoms with E-state index in [0.717, 1.165) is 12.8 Å². The average Bonchev–Trinajstić information content (AvgIpc) is 2.47. The Bertz CT molecular complexity index is 613. The number of carboxylic acid groups (broad SMARTS) is 1. The number of allylic oxidation sites excluding steroid dienone is 2. The van der Waals surface area contributed by atoms with Crippen LogP contribution < -0.4 is 5.32 Å². The predicted octanol–water partition coefficient (Wildman–Crippen LogP) is 2.68. The second-order valence-corrected chi connectivity index (χ2v) is 5.68. The van der Waals surface area contributed by atoms with E-state index >= 15 is 0 Å². The molecule has 2 bridgehead atoms. The Hall–Kier alpha value is -2.17. The molecule has 3 aliphatic carbocycles. The van der Waals surface area contributed by atoms with Crippen LogP contribution >= 0.6 is 0 Å². The van der Waals surface area contributed by atoms with E-state index in [4.69, 9.17) is 0 Å². The normalized spacial score (nSPS) is 30.1. The number of carbonyl (C=O) groups excluding carboxylic acids is 1. The van der Waals surface area contributed by atoms with Crippen LogP contribution in [0.5, 0.6) is 0 Å². The van der Waals surface area contributed by atoms with E-state index in [-0.39, 0.29) is 17.7 Å². The largest absolute Gasteiger partial charge is 0.481 e. The fraction of sp³-hybridized carbons (Fsp3) is 0.375. The van der Waals surface area contributed by atoms with Crippen LogP contribution in [0.3, 0.4) is 0 Å². The zero-order chi connectivity index (χ0) is 15.0. The zero-order valence-corrected chi connectivity index (χ0v) is 11.3. The Morgan fingerprint density at radius 3 is 2.38 bits per heavy atom. The van der Waals surface area contributed by atoms with Crippen molar-refractivity contribution in [3.05, 3.63) is 42.2 Å². The van der Waals surface area contributed by atoms with Gasteiger partial charge in [-0.25, -0.2) is 4.39 Å². The zero-order valence-electron chi connectivity index (χ0n) is 11.3. The number of anilines is 1. The van der Waals surface area contributed by atoms with Crippen molar-refractivity contribution in [2.24, 2.45) is 23.7 Å². The number of carboxylic acids is 1. The number of carbonyl (C=O) groups is 2. The van der Waals surface area contributed by atoms with Crippen LogP contribution in [0, 0.1) is 29.5 Å². The lowest BCUT2D eigenvalue weighted by Gasteiger charge is -2.41. The first-order chi connectivity index (χ1) is 10.1. The van der Waals surface area contributed by atoms with Gasteiger partial charge >= 0.3 is 5.97 Å². The molecule has 4 rings (SSSR count). The van der Waals surface area contributed by atoms with E-state index in [0.29, 0.717) is 5.69 Å². The molecule has 21 heavy (non-hydrogen) atoms. The van der Waals surface area contributed by atoms with Crippen LogP contribution in [-0.2, 0) is 9.59 Å². The molecule has 5 heteroatoms. The molecular formula is C16H16FNO3. The summed E-state index contributed by atoms with van der Waals surface area (Å²) in [4.78, 5) is 23.9. The highest BCUT2D eigenvalue weighted by molar-refractivity contribution is 5.96. The summed E-state index contributed by atoms with van der Waals surface area (Å²) in [5, 5.41) is 12.1. The Labute approximate surface area is 121 Å². The van der Waals surface area contributed by atoms with Crippen LogP contribution in [-0.4, -0.2) is 17.0 Å². The summed E-state index contributed by atoms with van der Waals surface area (Å²) in [6, 6.07) is 5.62. The Morgan fingerprint density at radius 1 is 1.14 bits per heavy atom. The number of hydrogen-bond donors (Lipinski definition) is 2. The minimum Gasteiger partial charge on any atom is -0.481 e. The Morgan fingerprint density at radius 2 is 1.81 bits per heavy atom. The predicted molar refractivity (Wildman–Crippen MR) is 75.0 cm³/mol. The first-order valence-electron chi connectivity index (χ1n) is 7.04. The summed E-state index contributed by atoms with van der Waals surface area (Å²) < 4.78 is 13.2. The van der Waals surface area contributed by atoms with E-state index in [9.17, 15) is 19.1 Å². The first kappa shape index (κ1) is 13.8. The molecular weight excluding hydrogens is 273 g/mol. The fourth-order valence-electron chi connectivity index (χ4n) is 3.48. The molecule has 0 radical (unpaired) electrons. The maximum absolute atomic E-state index is 13.2. The maximum Gasteiger partial charge on any atom is 0.307 e. The molecule has 2 N–H and O–H groups in total. The number of amides is 1. The summed E-state index contributed by atoms with van der Waals surface area (Å²) in [5.74, 6) is -3.13.